The molecule has 22 nitrogen and oxygen atoms in total. The van der Waals surface area contributed by atoms with Crippen LogP contribution in [-0.4, -0.2) is 109 Å². The smallest absolute Gasteiger partial charge is 0.387 e. The Bertz CT molecular complexity index is 1940. The molecule has 10 atom stereocenters. The maximum atomic E-state index is 13.2. The largest absolute Gasteiger partial charge is 0.403 e. The molecule has 10 unspecified atom stereocenters. The molecule has 0 radical (unpaired) electrons. The molecule has 3 fully saturated rings. The Balaban J connectivity index is 1.17. The second-order valence-corrected chi connectivity index (χ2v) is 15.0. The number of anilines is 2. The molecule has 3 saturated heterocycles. The summed E-state index contributed by atoms with van der Waals surface area (Å²) < 4.78 is 38.8. The minimum atomic E-state index is -4.72. The molecule has 25 heteroatoms. The van der Waals surface area contributed by atoms with Gasteiger partial charge in [0.2, 0.25) is 5.95 Å². The lowest BCUT2D eigenvalue weighted by Gasteiger charge is -2.30. The average molecular weight is 689 g/mol. The van der Waals surface area contributed by atoms with E-state index in [1.165, 1.54) is 28.1 Å². The van der Waals surface area contributed by atoms with Crippen LogP contribution in [0, 0.1) is 0 Å². The number of imidazole rings is 2. The van der Waals surface area contributed by atoms with Crippen molar-refractivity contribution in [2.24, 2.45) is 0 Å². The number of aromatic amines is 1. The van der Waals surface area contributed by atoms with E-state index < -0.39 is 82.1 Å². The molecule has 45 heavy (non-hydrogen) atoms. The molecule has 7 rings (SSSR count). The number of hydrogen-bond donors (Lipinski definition) is 9. The predicted molar refractivity (Wildman–Crippen MR) is 154 cm³/mol. The van der Waals surface area contributed by atoms with Gasteiger partial charge in [0.15, 0.2) is 35.1 Å². The third-order valence-corrected chi connectivity index (χ3v) is 10.5. The number of nitrogens with one attached hydrogen (secondary N) is 3. The highest BCUT2D eigenvalue weighted by molar-refractivity contribution is 8.08. The van der Waals surface area contributed by atoms with Gasteiger partial charge in [-0.05, 0) is 11.8 Å². The van der Waals surface area contributed by atoms with Crippen molar-refractivity contribution in [3.05, 3.63) is 29.3 Å². The van der Waals surface area contributed by atoms with Crippen LogP contribution in [0.15, 0.2) is 23.8 Å². The molecule has 0 amide bonds. The average Bonchev–Trinajstić information content (AvgIpc) is 3.72. The number of nitrogen functional groups attached to an aromatic ring is 2. The quantitative estimate of drug-likeness (QED) is 0.0943. The Morgan fingerprint density at radius 3 is 2.18 bits per heavy atom. The van der Waals surface area contributed by atoms with Gasteiger partial charge in [-0.1, -0.05) is 0 Å². The van der Waals surface area contributed by atoms with Crippen molar-refractivity contribution in [1.29, 1.82) is 0 Å². The molecule has 3 aliphatic heterocycles. The standard InChI is InChI=1S/C20H26N12O10P2S/c21-14-10-15(24-3-23-14)31(4-25-10)18-12(33)8-7(42-18)2-40-44(38,45)30-9-6(1-39-43(36,37)29-8)41-19(13(9)34)32-5-26-11-16(32)27-20(22)28-17(11)35/h3-9,12-13,18-19,33-34H,1-2H2,(H2,21,23,24)(H2,29,36,37)(H2,30,38,45)(H3,22,27,28,35). The minimum Gasteiger partial charge on any atom is -0.387 e. The molecular weight excluding hydrogens is 662 g/mol. The van der Waals surface area contributed by atoms with Gasteiger partial charge in [-0.3, -0.25) is 23.4 Å². The summed E-state index contributed by atoms with van der Waals surface area (Å²) in [6.45, 7) is -5.05. The lowest BCUT2D eigenvalue weighted by molar-refractivity contribution is -0.0478. The van der Waals surface area contributed by atoms with Crippen LogP contribution in [-0.2, 0) is 34.9 Å². The van der Waals surface area contributed by atoms with Crippen LogP contribution in [0.3, 0.4) is 0 Å². The molecule has 0 aromatic carbocycles. The fourth-order valence-electron chi connectivity index (χ4n) is 5.53. The van der Waals surface area contributed by atoms with Crippen molar-refractivity contribution in [2.75, 3.05) is 24.7 Å². The number of ether oxygens (including phenoxy) is 2. The summed E-state index contributed by atoms with van der Waals surface area (Å²) in [5, 5.41) is 27.6. The van der Waals surface area contributed by atoms with Crippen molar-refractivity contribution in [3.8, 4) is 0 Å². The fourth-order valence-corrected chi connectivity index (χ4v) is 8.32. The number of fused-ring (bicyclic) bond motifs is 4. The fraction of sp³-hybridized carbons (Fsp3) is 0.500. The second-order valence-electron chi connectivity index (χ2n) is 10.4. The van der Waals surface area contributed by atoms with Crippen molar-refractivity contribution in [3.63, 3.8) is 0 Å². The topological polar surface area (TPSA) is 318 Å². The third-order valence-electron chi connectivity index (χ3n) is 7.59. The number of nitrogens with zero attached hydrogens (tertiary/aromatic N) is 7. The Labute approximate surface area is 255 Å². The van der Waals surface area contributed by atoms with E-state index in [1.807, 2.05) is 0 Å². The SMILES string of the molecule is Nc1nc2c(ncn2C2OC3COP(=O)(O)NC4C(COP(O)(=S)NC3C2O)OC(n2cnc3c(N)ncnc32)C4O)c(=O)[nH]1. The van der Waals surface area contributed by atoms with E-state index in [1.54, 1.807) is 0 Å². The molecule has 0 aliphatic carbocycles. The first-order chi connectivity index (χ1) is 21.3. The summed E-state index contributed by atoms with van der Waals surface area (Å²) in [6.07, 6.45) is -4.16. The van der Waals surface area contributed by atoms with Crippen molar-refractivity contribution < 1.29 is 43.1 Å². The number of aliphatic hydroxyl groups is 2. The van der Waals surface area contributed by atoms with Crippen LogP contribution < -0.4 is 27.2 Å². The minimum absolute atomic E-state index is 0.0129. The first-order valence-corrected chi connectivity index (χ1v) is 17.4. The summed E-state index contributed by atoms with van der Waals surface area (Å²) in [6, 6.07) is -2.51. The second kappa shape index (κ2) is 11.1. The molecule has 242 valence electrons. The highest BCUT2D eigenvalue weighted by Crippen LogP contribution is 2.47. The number of hydrogen-bond acceptors (Lipinski definition) is 16. The summed E-state index contributed by atoms with van der Waals surface area (Å²) in [4.78, 5) is 56.7. The number of aliphatic hydroxyl groups excluding tert-OH is 2. The highest BCUT2D eigenvalue weighted by atomic mass is 32.5. The van der Waals surface area contributed by atoms with Gasteiger partial charge in [-0.15, -0.1) is 0 Å². The lowest BCUT2D eigenvalue weighted by Crippen LogP contribution is -2.47. The normalized spacial score (nSPS) is 37.7. The van der Waals surface area contributed by atoms with Crippen molar-refractivity contribution >= 4 is 60.3 Å². The highest BCUT2D eigenvalue weighted by Gasteiger charge is 2.51. The summed E-state index contributed by atoms with van der Waals surface area (Å²) in [7, 11) is -4.72. The monoisotopic (exact) mass is 688 g/mol. The van der Waals surface area contributed by atoms with Gasteiger partial charge in [0.25, 0.3) is 12.2 Å². The van der Waals surface area contributed by atoms with E-state index in [9.17, 15) is 29.4 Å². The van der Waals surface area contributed by atoms with Crippen LogP contribution in [0.2, 0.25) is 0 Å². The van der Waals surface area contributed by atoms with E-state index in [4.69, 9.17) is 41.8 Å². The Morgan fingerprint density at radius 2 is 1.49 bits per heavy atom. The summed E-state index contributed by atoms with van der Waals surface area (Å²) in [5.41, 5.74) is 11.3. The van der Waals surface area contributed by atoms with Crippen LogP contribution in [0.4, 0.5) is 11.8 Å². The summed E-state index contributed by atoms with van der Waals surface area (Å²) >= 11 is 5.32. The van der Waals surface area contributed by atoms with Gasteiger partial charge < -0.3 is 45.5 Å². The molecule has 4 aromatic heterocycles. The van der Waals surface area contributed by atoms with E-state index in [0.29, 0.717) is 0 Å². The maximum Gasteiger partial charge on any atom is 0.403 e. The van der Waals surface area contributed by atoms with Gasteiger partial charge in [-0.2, -0.15) is 4.98 Å². The van der Waals surface area contributed by atoms with Gasteiger partial charge in [0.1, 0.15) is 36.3 Å². The van der Waals surface area contributed by atoms with E-state index >= 15 is 0 Å². The first-order valence-electron chi connectivity index (χ1n) is 13.1. The van der Waals surface area contributed by atoms with E-state index in [2.05, 4.69) is 40.1 Å². The zero-order valence-corrected chi connectivity index (χ0v) is 25.2. The predicted octanol–water partition coefficient (Wildman–Crippen LogP) is -3.08. The van der Waals surface area contributed by atoms with Crippen LogP contribution in [0.1, 0.15) is 12.5 Å². The van der Waals surface area contributed by atoms with Crippen LogP contribution in [0.25, 0.3) is 22.3 Å². The zero-order chi connectivity index (χ0) is 31.8. The number of nitrogens with two attached hydrogens (primary N) is 2. The Kier molecular flexibility index (Phi) is 7.52. The molecule has 4 aromatic rings. The van der Waals surface area contributed by atoms with Gasteiger partial charge in [-0.25, -0.2) is 34.7 Å². The van der Waals surface area contributed by atoms with Gasteiger partial charge in [0.05, 0.1) is 38.0 Å². The Hall–Kier alpha value is -3.02. The molecule has 11 N–H and O–H groups in total. The van der Waals surface area contributed by atoms with Crippen LogP contribution in [0.5, 0.6) is 0 Å². The molecule has 0 bridgehead atoms. The number of H-pyrrole nitrogens is 1. The molecule has 3 aliphatic rings. The molecule has 7 heterocycles. The summed E-state index contributed by atoms with van der Waals surface area (Å²) in [5.74, 6) is -0.121. The van der Waals surface area contributed by atoms with Gasteiger partial charge in [0, 0.05) is 0 Å². The van der Waals surface area contributed by atoms with Crippen molar-refractivity contribution in [2.45, 2.75) is 49.0 Å². The van der Waals surface area contributed by atoms with Crippen LogP contribution >= 0.6 is 14.4 Å². The molecular formula is C20H26N12O10P2S. The maximum absolute atomic E-state index is 13.2. The number of rotatable bonds is 2. The lowest BCUT2D eigenvalue weighted by atomic mass is 10.1. The Morgan fingerprint density at radius 1 is 0.889 bits per heavy atom. The number of aromatic nitrogens is 8. The van der Waals surface area contributed by atoms with E-state index in [0.717, 1.165) is 0 Å². The molecule has 0 spiro atoms. The zero-order valence-electron chi connectivity index (χ0n) is 22.6. The van der Waals surface area contributed by atoms with Crippen molar-refractivity contribution in [1.82, 2.24) is 49.2 Å². The van der Waals surface area contributed by atoms with Gasteiger partial charge >= 0.3 is 7.75 Å². The molecule has 0 saturated carbocycles. The first kappa shape index (κ1) is 30.6. The third kappa shape index (κ3) is 5.44. The van der Waals surface area contributed by atoms with E-state index in [-0.39, 0.29) is 34.1 Å².